The number of anilines is 2. The summed E-state index contributed by atoms with van der Waals surface area (Å²) in [5.74, 6) is -0.466. The van der Waals surface area contributed by atoms with Crippen LogP contribution in [0.15, 0.2) is 18.2 Å². The molecular formula is C14H17FN4O2. The second-order valence-electron chi connectivity index (χ2n) is 4.64. The Morgan fingerprint density at radius 2 is 2.19 bits per heavy atom. The van der Waals surface area contributed by atoms with Crippen LogP contribution in [-0.2, 0) is 11.3 Å². The van der Waals surface area contributed by atoms with Gasteiger partial charge in [0.25, 0.3) is 0 Å². The van der Waals surface area contributed by atoms with E-state index >= 15 is 0 Å². The molecule has 6 nitrogen and oxygen atoms in total. The molecule has 3 N–H and O–H groups in total. The fourth-order valence-corrected chi connectivity index (χ4v) is 1.92. The molecule has 0 spiro atoms. The molecule has 1 amide bonds. The normalized spacial score (nSPS) is 10.5. The molecule has 0 unspecified atom stereocenters. The molecule has 0 saturated carbocycles. The smallest absolute Gasteiger partial charge is 0.246 e. The largest absolute Gasteiger partial charge is 0.497 e. The first-order valence-corrected chi connectivity index (χ1v) is 6.35. The maximum absolute atomic E-state index is 13.6. The van der Waals surface area contributed by atoms with Gasteiger partial charge >= 0.3 is 0 Å². The summed E-state index contributed by atoms with van der Waals surface area (Å²) in [7, 11) is 1.47. The van der Waals surface area contributed by atoms with Crippen molar-refractivity contribution in [3.05, 3.63) is 35.4 Å². The Hall–Kier alpha value is -2.57. The molecule has 1 heterocycles. The van der Waals surface area contributed by atoms with E-state index in [4.69, 9.17) is 10.5 Å². The zero-order chi connectivity index (χ0) is 15.6. The van der Waals surface area contributed by atoms with Crippen molar-refractivity contribution in [3.63, 3.8) is 0 Å². The van der Waals surface area contributed by atoms with Crippen LogP contribution in [0.5, 0.6) is 5.75 Å². The van der Waals surface area contributed by atoms with Crippen molar-refractivity contribution < 1.29 is 13.9 Å². The number of carbonyl (C=O) groups is 1. The van der Waals surface area contributed by atoms with Gasteiger partial charge in [0, 0.05) is 6.07 Å². The number of halogens is 1. The first-order valence-electron chi connectivity index (χ1n) is 6.35. The molecule has 0 atom stereocenters. The summed E-state index contributed by atoms with van der Waals surface area (Å²) < 4.78 is 20.1. The highest BCUT2D eigenvalue weighted by atomic mass is 19.1. The molecule has 0 fully saturated rings. The molecule has 0 bridgehead atoms. The molecule has 0 aliphatic heterocycles. The van der Waals surface area contributed by atoms with E-state index < -0.39 is 11.7 Å². The van der Waals surface area contributed by atoms with Gasteiger partial charge in [0.2, 0.25) is 5.91 Å². The van der Waals surface area contributed by atoms with Crippen molar-refractivity contribution in [2.75, 3.05) is 18.2 Å². The van der Waals surface area contributed by atoms with Gasteiger partial charge in [0.05, 0.1) is 29.9 Å². The third kappa shape index (κ3) is 3.13. The Morgan fingerprint density at radius 3 is 2.76 bits per heavy atom. The number of hydrogen-bond acceptors (Lipinski definition) is 4. The van der Waals surface area contributed by atoms with Crippen LogP contribution in [0.25, 0.3) is 0 Å². The average Bonchev–Trinajstić information content (AvgIpc) is 2.68. The van der Waals surface area contributed by atoms with Crippen molar-refractivity contribution in [1.29, 1.82) is 0 Å². The number of hydrogen-bond donors (Lipinski definition) is 2. The molecule has 0 saturated heterocycles. The average molecular weight is 292 g/mol. The van der Waals surface area contributed by atoms with E-state index in [1.54, 1.807) is 13.8 Å². The van der Waals surface area contributed by atoms with Gasteiger partial charge in [-0.1, -0.05) is 0 Å². The Labute approximate surface area is 121 Å². The van der Waals surface area contributed by atoms with E-state index in [1.807, 2.05) is 0 Å². The Kier molecular flexibility index (Phi) is 4.11. The SMILES string of the molecule is COc1ccc(F)c(NC(=O)Cn2nc(C)c(N)c2C)c1. The second-order valence-corrected chi connectivity index (χ2v) is 4.64. The third-order valence-electron chi connectivity index (χ3n) is 3.18. The maximum Gasteiger partial charge on any atom is 0.246 e. The minimum absolute atomic E-state index is 0.0411. The van der Waals surface area contributed by atoms with E-state index in [-0.39, 0.29) is 12.2 Å². The standard InChI is InChI=1S/C14H17FN4O2/c1-8-14(16)9(2)19(18-8)7-13(20)17-12-6-10(21-3)4-5-11(12)15/h4-6H,7,16H2,1-3H3,(H,17,20). The number of nitrogens with two attached hydrogens (primary N) is 1. The fraction of sp³-hybridized carbons (Fsp3) is 0.286. The molecule has 21 heavy (non-hydrogen) atoms. The molecule has 2 aromatic rings. The minimum Gasteiger partial charge on any atom is -0.497 e. The molecule has 0 aliphatic carbocycles. The van der Waals surface area contributed by atoms with E-state index in [9.17, 15) is 9.18 Å². The lowest BCUT2D eigenvalue weighted by atomic mass is 10.3. The molecule has 1 aromatic carbocycles. The summed E-state index contributed by atoms with van der Waals surface area (Å²) in [6, 6.07) is 4.13. The van der Waals surface area contributed by atoms with Crippen molar-refractivity contribution >= 4 is 17.3 Å². The third-order valence-corrected chi connectivity index (χ3v) is 3.18. The number of benzene rings is 1. The predicted octanol–water partition coefficient (Wildman–Crippen LogP) is 1.87. The van der Waals surface area contributed by atoms with Crippen molar-refractivity contribution in [2.45, 2.75) is 20.4 Å². The van der Waals surface area contributed by atoms with Gasteiger partial charge in [-0.25, -0.2) is 4.39 Å². The van der Waals surface area contributed by atoms with Crippen LogP contribution in [0.3, 0.4) is 0 Å². The predicted molar refractivity (Wildman–Crippen MR) is 77.7 cm³/mol. The van der Waals surface area contributed by atoms with Crippen LogP contribution < -0.4 is 15.8 Å². The number of nitrogens with zero attached hydrogens (tertiary/aromatic N) is 2. The first-order chi connectivity index (χ1) is 9.92. The van der Waals surface area contributed by atoms with Crippen LogP contribution in [0.1, 0.15) is 11.4 Å². The first kappa shape index (κ1) is 14.8. The summed E-state index contributed by atoms with van der Waals surface area (Å²) in [6.45, 7) is 3.49. The van der Waals surface area contributed by atoms with E-state index in [2.05, 4.69) is 10.4 Å². The van der Waals surface area contributed by atoms with Gasteiger partial charge in [0.15, 0.2) is 0 Å². The molecule has 2 rings (SSSR count). The van der Waals surface area contributed by atoms with Crippen LogP contribution >= 0.6 is 0 Å². The Balaban J connectivity index is 2.13. The van der Waals surface area contributed by atoms with Crippen molar-refractivity contribution in [2.24, 2.45) is 0 Å². The summed E-state index contributed by atoms with van der Waals surface area (Å²) in [6.07, 6.45) is 0. The summed E-state index contributed by atoms with van der Waals surface area (Å²) in [4.78, 5) is 12.0. The number of aryl methyl sites for hydroxylation is 1. The van der Waals surface area contributed by atoms with Crippen LogP contribution in [0.4, 0.5) is 15.8 Å². The van der Waals surface area contributed by atoms with Gasteiger partial charge in [-0.15, -0.1) is 0 Å². The van der Waals surface area contributed by atoms with Gasteiger partial charge < -0.3 is 15.8 Å². The highest BCUT2D eigenvalue weighted by Crippen LogP contribution is 2.21. The zero-order valence-electron chi connectivity index (χ0n) is 12.1. The fourth-order valence-electron chi connectivity index (χ4n) is 1.92. The number of nitrogen functional groups attached to an aromatic ring is 1. The van der Waals surface area contributed by atoms with Crippen LogP contribution in [0, 0.1) is 19.7 Å². The number of aromatic nitrogens is 2. The monoisotopic (exact) mass is 292 g/mol. The number of amides is 1. The lowest BCUT2D eigenvalue weighted by Gasteiger charge is -2.09. The molecule has 0 aliphatic rings. The Morgan fingerprint density at radius 1 is 1.48 bits per heavy atom. The molecule has 7 heteroatoms. The molecule has 1 aromatic heterocycles. The summed E-state index contributed by atoms with van der Waals surface area (Å²) in [5.41, 5.74) is 7.78. The van der Waals surface area contributed by atoms with Crippen molar-refractivity contribution in [3.8, 4) is 5.75 Å². The molecule has 0 radical (unpaired) electrons. The molecular weight excluding hydrogens is 275 g/mol. The van der Waals surface area contributed by atoms with E-state index in [1.165, 1.54) is 30.0 Å². The second kappa shape index (κ2) is 5.82. The van der Waals surface area contributed by atoms with Crippen molar-refractivity contribution in [1.82, 2.24) is 9.78 Å². The number of rotatable bonds is 4. The quantitative estimate of drug-likeness (QED) is 0.901. The topological polar surface area (TPSA) is 82.2 Å². The number of nitrogens with one attached hydrogen (secondary N) is 1. The zero-order valence-corrected chi connectivity index (χ0v) is 12.1. The maximum atomic E-state index is 13.6. The van der Waals surface area contributed by atoms with Gasteiger partial charge in [-0.3, -0.25) is 9.48 Å². The number of methoxy groups -OCH3 is 1. The minimum atomic E-state index is -0.531. The summed E-state index contributed by atoms with van der Waals surface area (Å²) >= 11 is 0. The van der Waals surface area contributed by atoms with E-state index in [0.29, 0.717) is 22.8 Å². The highest BCUT2D eigenvalue weighted by molar-refractivity contribution is 5.91. The van der Waals surface area contributed by atoms with Gasteiger partial charge in [-0.2, -0.15) is 5.10 Å². The lowest BCUT2D eigenvalue weighted by molar-refractivity contribution is -0.117. The van der Waals surface area contributed by atoms with Gasteiger partial charge in [0.1, 0.15) is 18.1 Å². The summed E-state index contributed by atoms with van der Waals surface area (Å²) in [5, 5.41) is 6.65. The van der Waals surface area contributed by atoms with Gasteiger partial charge in [-0.05, 0) is 26.0 Å². The lowest BCUT2D eigenvalue weighted by Crippen LogP contribution is -2.21. The van der Waals surface area contributed by atoms with E-state index in [0.717, 1.165) is 0 Å². The Bertz CT molecular complexity index is 682. The number of carbonyl (C=O) groups excluding carboxylic acids is 1. The van der Waals surface area contributed by atoms with Crippen LogP contribution in [-0.4, -0.2) is 22.8 Å². The number of ether oxygens (including phenoxy) is 1. The van der Waals surface area contributed by atoms with Crippen LogP contribution in [0.2, 0.25) is 0 Å². The molecule has 112 valence electrons. The highest BCUT2D eigenvalue weighted by Gasteiger charge is 2.13.